The van der Waals surface area contributed by atoms with Crippen molar-refractivity contribution in [3.05, 3.63) is 88.9 Å². The highest BCUT2D eigenvalue weighted by atomic mass is 35.5. The van der Waals surface area contributed by atoms with E-state index in [1.54, 1.807) is 30.3 Å². The van der Waals surface area contributed by atoms with Gasteiger partial charge in [0.25, 0.3) is 15.9 Å². The average molecular weight is 514 g/mol. The Morgan fingerprint density at radius 2 is 1.80 bits per heavy atom. The first-order chi connectivity index (χ1) is 16.8. The molecule has 0 radical (unpaired) electrons. The van der Waals surface area contributed by atoms with Gasteiger partial charge in [-0.1, -0.05) is 61.3 Å². The van der Waals surface area contributed by atoms with Gasteiger partial charge in [-0.3, -0.25) is 9.10 Å². The topological polar surface area (TPSA) is 88.1 Å². The number of nitrogens with one attached hydrogen (secondary N) is 1. The highest BCUT2D eigenvalue weighted by molar-refractivity contribution is 7.92. The Morgan fingerprint density at radius 3 is 2.51 bits per heavy atom. The molecule has 0 heterocycles. The first-order valence-electron chi connectivity index (χ1n) is 11.2. The number of hydrogen-bond donors (Lipinski definition) is 1. The molecule has 3 rings (SSSR count). The van der Waals surface area contributed by atoms with Crippen LogP contribution in [0.1, 0.15) is 30.9 Å². The third kappa shape index (κ3) is 7.07. The van der Waals surface area contributed by atoms with E-state index in [9.17, 15) is 13.2 Å². The zero-order valence-corrected chi connectivity index (χ0v) is 21.2. The highest BCUT2D eigenvalue weighted by Crippen LogP contribution is 2.28. The second kappa shape index (κ2) is 12.4. The lowest BCUT2D eigenvalue weighted by Gasteiger charge is -2.24. The number of carbonyl (C=O) groups excluding carboxylic acids is 1. The fourth-order valence-electron chi connectivity index (χ4n) is 3.16. The van der Waals surface area contributed by atoms with Gasteiger partial charge in [-0.25, -0.2) is 13.8 Å². The average Bonchev–Trinajstić information content (AvgIpc) is 2.86. The summed E-state index contributed by atoms with van der Waals surface area (Å²) in [4.78, 5) is 12.8. The van der Waals surface area contributed by atoms with Crippen LogP contribution in [-0.4, -0.2) is 33.7 Å². The first kappa shape index (κ1) is 26.2. The Hall–Kier alpha value is -3.36. The predicted molar refractivity (Wildman–Crippen MR) is 140 cm³/mol. The van der Waals surface area contributed by atoms with E-state index >= 15 is 0 Å². The minimum absolute atomic E-state index is 0.0613. The molecule has 0 aromatic heterocycles. The van der Waals surface area contributed by atoms with Crippen LogP contribution in [0.15, 0.2) is 82.8 Å². The van der Waals surface area contributed by atoms with Crippen molar-refractivity contribution in [2.75, 3.05) is 17.5 Å². The van der Waals surface area contributed by atoms with E-state index < -0.39 is 22.5 Å². The van der Waals surface area contributed by atoms with E-state index in [1.807, 2.05) is 31.2 Å². The van der Waals surface area contributed by atoms with Crippen LogP contribution in [0.4, 0.5) is 5.69 Å². The van der Waals surface area contributed by atoms with Crippen LogP contribution in [-0.2, 0) is 14.8 Å². The Labute approximate surface area is 211 Å². The van der Waals surface area contributed by atoms with E-state index in [1.165, 1.54) is 24.4 Å². The molecule has 1 N–H and O–H groups in total. The van der Waals surface area contributed by atoms with Crippen LogP contribution in [0, 0.1) is 6.92 Å². The van der Waals surface area contributed by atoms with Gasteiger partial charge in [0.05, 0.1) is 23.4 Å². The Balaban J connectivity index is 1.80. The second-order valence-electron chi connectivity index (χ2n) is 7.79. The molecule has 0 spiro atoms. The molecule has 7 nitrogen and oxygen atoms in total. The van der Waals surface area contributed by atoms with Crippen LogP contribution in [0.2, 0.25) is 5.02 Å². The summed E-state index contributed by atoms with van der Waals surface area (Å²) in [7, 11) is -4.03. The van der Waals surface area contributed by atoms with Crippen LogP contribution < -0.4 is 14.5 Å². The summed E-state index contributed by atoms with van der Waals surface area (Å²) in [5, 5.41) is 4.41. The molecule has 0 saturated heterocycles. The summed E-state index contributed by atoms with van der Waals surface area (Å²) in [5.74, 6) is 0.0448. The molecule has 0 unspecified atom stereocenters. The predicted octanol–water partition coefficient (Wildman–Crippen LogP) is 5.17. The fraction of sp³-hybridized carbons (Fsp3) is 0.231. The Morgan fingerprint density at radius 1 is 1.09 bits per heavy atom. The third-order valence-electron chi connectivity index (χ3n) is 5.13. The molecule has 0 saturated carbocycles. The number of sulfonamides is 1. The number of ether oxygens (including phenoxy) is 1. The fourth-order valence-corrected chi connectivity index (χ4v) is 4.76. The lowest BCUT2D eigenvalue weighted by Crippen LogP contribution is -2.39. The minimum atomic E-state index is -4.03. The lowest BCUT2D eigenvalue weighted by atomic mass is 10.2. The number of hydrazone groups is 1. The van der Waals surface area contributed by atoms with Crippen molar-refractivity contribution >= 4 is 39.4 Å². The van der Waals surface area contributed by atoms with E-state index in [4.69, 9.17) is 16.3 Å². The van der Waals surface area contributed by atoms with Crippen molar-refractivity contribution in [2.45, 2.75) is 31.6 Å². The SMILES string of the molecule is CCCCOc1ccccc1/C=N/NC(=O)CN(c1ccc(C)c(Cl)c1)S(=O)(=O)c1ccccc1. The molecule has 35 heavy (non-hydrogen) atoms. The van der Waals surface area contributed by atoms with E-state index in [-0.39, 0.29) is 10.6 Å². The van der Waals surface area contributed by atoms with Gasteiger partial charge in [0, 0.05) is 10.6 Å². The largest absolute Gasteiger partial charge is 0.493 e. The maximum atomic E-state index is 13.4. The summed E-state index contributed by atoms with van der Waals surface area (Å²) < 4.78 is 33.5. The van der Waals surface area contributed by atoms with Gasteiger partial charge in [-0.2, -0.15) is 5.10 Å². The number of para-hydroxylation sites is 1. The van der Waals surface area contributed by atoms with Crippen molar-refractivity contribution in [2.24, 2.45) is 5.10 Å². The minimum Gasteiger partial charge on any atom is -0.493 e. The zero-order chi connectivity index (χ0) is 25.3. The zero-order valence-electron chi connectivity index (χ0n) is 19.6. The maximum absolute atomic E-state index is 13.4. The number of carbonyl (C=O) groups is 1. The van der Waals surface area contributed by atoms with Crippen molar-refractivity contribution in [1.82, 2.24) is 5.43 Å². The molecule has 0 aliphatic heterocycles. The summed E-state index contributed by atoms with van der Waals surface area (Å²) in [5.41, 5.74) is 4.18. The first-order valence-corrected chi connectivity index (χ1v) is 13.0. The number of benzene rings is 3. The molecule has 3 aromatic carbocycles. The number of rotatable bonds is 11. The second-order valence-corrected chi connectivity index (χ2v) is 10.1. The van der Waals surface area contributed by atoms with Gasteiger partial charge < -0.3 is 4.74 Å². The normalized spacial score (nSPS) is 11.4. The van der Waals surface area contributed by atoms with Crippen molar-refractivity contribution < 1.29 is 17.9 Å². The molecule has 3 aromatic rings. The molecule has 0 fully saturated rings. The van der Waals surface area contributed by atoms with Gasteiger partial charge in [-0.15, -0.1) is 0 Å². The summed E-state index contributed by atoms with van der Waals surface area (Å²) in [6.45, 7) is 3.99. The number of anilines is 1. The van der Waals surface area contributed by atoms with Gasteiger partial charge >= 0.3 is 0 Å². The number of hydrogen-bond acceptors (Lipinski definition) is 5. The van der Waals surface area contributed by atoms with Crippen molar-refractivity contribution in [3.8, 4) is 5.75 Å². The van der Waals surface area contributed by atoms with E-state index in [0.717, 1.165) is 22.7 Å². The number of halogens is 1. The van der Waals surface area contributed by atoms with Crippen LogP contribution in [0.3, 0.4) is 0 Å². The molecular formula is C26H28ClN3O4S. The molecule has 9 heteroatoms. The van der Waals surface area contributed by atoms with Gasteiger partial charge in [0.1, 0.15) is 12.3 Å². The van der Waals surface area contributed by atoms with Crippen LogP contribution in [0.25, 0.3) is 0 Å². The van der Waals surface area contributed by atoms with Crippen molar-refractivity contribution in [1.29, 1.82) is 0 Å². The number of aryl methyl sites for hydroxylation is 1. The molecule has 0 atom stereocenters. The number of unbranched alkanes of at least 4 members (excludes halogenated alkanes) is 1. The lowest BCUT2D eigenvalue weighted by molar-refractivity contribution is -0.119. The standard InChI is InChI=1S/C26H28ClN3O4S/c1-3-4-16-34-25-13-9-8-10-21(25)18-28-29-26(31)19-30(22-15-14-20(2)24(27)17-22)35(32,33)23-11-6-5-7-12-23/h5-15,17-18H,3-4,16,19H2,1-2H3,(H,29,31)/b28-18+. The molecule has 0 aliphatic rings. The molecule has 1 amide bonds. The van der Waals surface area contributed by atoms with Gasteiger partial charge in [-0.05, 0) is 55.3 Å². The monoisotopic (exact) mass is 513 g/mol. The smallest absolute Gasteiger partial charge is 0.264 e. The van der Waals surface area contributed by atoms with Gasteiger partial charge in [0.2, 0.25) is 0 Å². The quantitative estimate of drug-likeness (QED) is 0.217. The third-order valence-corrected chi connectivity index (χ3v) is 7.32. The molecule has 0 bridgehead atoms. The number of nitrogens with zero attached hydrogens (tertiary/aromatic N) is 2. The Bertz CT molecular complexity index is 1280. The van der Waals surface area contributed by atoms with Gasteiger partial charge in [0.15, 0.2) is 0 Å². The molecule has 0 aliphatic carbocycles. The summed E-state index contributed by atoms with van der Waals surface area (Å²) >= 11 is 6.24. The highest BCUT2D eigenvalue weighted by Gasteiger charge is 2.27. The van der Waals surface area contributed by atoms with Crippen LogP contribution >= 0.6 is 11.6 Å². The van der Waals surface area contributed by atoms with Crippen LogP contribution in [0.5, 0.6) is 5.75 Å². The molecular weight excluding hydrogens is 486 g/mol. The molecule has 184 valence electrons. The number of amides is 1. The summed E-state index contributed by atoms with van der Waals surface area (Å²) in [6.07, 6.45) is 3.41. The van der Waals surface area contributed by atoms with E-state index in [0.29, 0.717) is 22.9 Å². The maximum Gasteiger partial charge on any atom is 0.264 e. The Kier molecular flexibility index (Phi) is 9.28. The summed E-state index contributed by atoms with van der Waals surface area (Å²) in [6, 6.07) is 20.1. The van der Waals surface area contributed by atoms with Crippen molar-refractivity contribution in [3.63, 3.8) is 0 Å². The van der Waals surface area contributed by atoms with E-state index in [2.05, 4.69) is 17.5 Å².